The van der Waals surface area contributed by atoms with E-state index >= 15 is 0 Å². The molecule has 0 N–H and O–H groups in total. The Morgan fingerprint density at radius 1 is 0.212 bits per heavy atom. The lowest BCUT2D eigenvalue weighted by Crippen LogP contribution is -2.04. The predicted molar refractivity (Wildman–Crippen MR) is 355 cm³/mol. The molecule has 0 amide bonds. The fraction of sp³-hybridized carbons (Fsp3) is 0.0247. The summed E-state index contributed by atoms with van der Waals surface area (Å²) in [7, 11) is 0. The SMILES string of the molecule is C1=C(c2cccc(-c3cccc(-c4ccccc4)c3)c2)CCC(c2nc(-c3cccc(-c4cccc(-c5cccc(-c6cccc(-c7ccccc7)c6)c5)c4)c3)nc(-c3cccc(-c4cccc(-n5c6ccccc6c6ccccc65)c4)c3)n2)=C1. The summed E-state index contributed by atoms with van der Waals surface area (Å²) in [4.78, 5) is 16.1. The molecule has 0 atom stereocenters. The third-order valence-corrected chi connectivity index (χ3v) is 16.6. The van der Waals surface area contributed by atoms with Gasteiger partial charge in [0.2, 0.25) is 0 Å². The summed E-state index contributed by atoms with van der Waals surface area (Å²) in [6.45, 7) is 0. The van der Waals surface area contributed by atoms with Crippen molar-refractivity contribution in [3.8, 4) is 106 Å². The number of aromatic nitrogens is 4. The Bertz CT molecular complexity index is 4840. The molecule has 2 aromatic heterocycles. The highest BCUT2D eigenvalue weighted by atomic mass is 15.0. The van der Waals surface area contributed by atoms with Crippen LogP contribution in [0.5, 0.6) is 0 Å². The van der Waals surface area contributed by atoms with Gasteiger partial charge in [-0.05, 0) is 174 Å². The number of hydrogen-bond donors (Lipinski definition) is 0. The maximum atomic E-state index is 5.35. The van der Waals surface area contributed by atoms with E-state index in [2.05, 4.69) is 320 Å². The molecular weight excluding hydrogens is 1030 g/mol. The molecule has 0 saturated heterocycles. The van der Waals surface area contributed by atoms with E-state index < -0.39 is 0 Å². The summed E-state index contributed by atoms with van der Waals surface area (Å²) in [5.41, 5.74) is 25.2. The zero-order valence-corrected chi connectivity index (χ0v) is 46.7. The van der Waals surface area contributed by atoms with Gasteiger partial charge in [-0.1, -0.05) is 249 Å². The minimum absolute atomic E-state index is 0.628. The second-order valence-corrected chi connectivity index (χ2v) is 21.9. The first-order chi connectivity index (χ1) is 42.1. The number of fused-ring (bicyclic) bond motifs is 3. The number of para-hydroxylation sites is 2. The van der Waals surface area contributed by atoms with Crippen molar-refractivity contribution >= 4 is 33.0 Å². The van der Waals surface area contributed by atoms with Crippen LogP contribution in [0.25, 0.3) is 139 Å². The summed E-state index contributed by atoms with van der Waals surface area (Å²) in [5.74, 6) is 1.94. The molecule has 400 valence electrons. The van der Waals surface area contributed by atoms with Gasteiger partial charge in [-0.2, -0.15) is 0 Å². The van der Waals surface area contributed by atoms with Crippen LogP contribution in [-0.2, 0) is 0 Å². The molecule has 0 saturated carbocycles. The van der Waals surface area contributed by atoms with Gasteiger partial charge in [0.25, 0.3) is 0 Å². The minimum atomic E-state index is 0.628. The Labute approximate surface area is 495 Å². The van der Waals surface area contributed by atoms with Crippen LogP contribution < -0.4 is 0 Å². The van der Waals surface area contributed by atoms with Crippen LogP contribution in [0.15, 0.2) is 315 Å². The molecule has 1 aliphatic carbocycles. The van der Waals surface area contributed by atoms with Crippen molar-refractivity contribution in [1.29, 1.82) is 0 Å². The molecule has 0 fully saturated rings. The molecule has 0 spiro atoms. The molecule has 0 radical (unpaired) electrons. The first-order valence-corrected chi connectivity index (χ1v) is 29.2. The molecule has 4 heteroatoms. The van der Waals surface area contributed by atoms with Crippen molar-refractivity contribution in [3.05, 3.63) is 327 Å². The van der Waals surface area contributed by atoms with Gasteiger partial charge < -0.3 is 4.57 Å². The van der Waals surface area contributed by atoms with Crippen LogP contribution in [0.2, 0.25) is 0 Å². The Morgan fingerprint density at radius 2 is 0.494 bits per heavy atom. The van der Waals surface area contributed by atoms with Crippen molar-refractivity contribution in [2.45, 2.75) is 12.8 Å². The Kier molecular flexibility index (Phi) is 13.4. The van der Waals surface area contributed by atoms with E-state index in [0.29, 0.717) is 17.5 Å². The van der Waals surface area contributed by atoms with E-state index in [9.17, 15) is 0 Å². The van der Waals surface area contributed by atoms with Crippen molar-refractivity contribution in [1.82, 2.24) is 19.5 Å². The Hall–Kier alpha value is -11.1. The number of rotatable bonds is 12. The lowest BCUT2D eigenvalue weighted by Gasteiger charge is -2.17. The fourth-order valence-corrected chi connectivity index (χ4v) is 12.2. The highest BCUT2D eigenvalue weighted by Gasteiger charge is 2.19. The molecule has 85 heavy (non-hydrogen) atoms. The first kappa shape index (κ1) is 50.9. The van der Waals surface area contributed by atoms with Crippen molar-refractivity contribution in [3.63, 3.8) is 0 Å². The van der Waals surface area contributed by atoms with E-state index in [1.165, 1.54) is 77.5 Å². The van der Waals surface area contributed by atoms with Crippen molar-refractivity contribution < 1.29 is 0 Å². The highest BCUT2D eigenvalue weighted by molar-refractivity contribution is 6.09. The zero-order valence-electron chi connectivity index (χ0n) is 46.7. The summed E-state index contributed by atoms with van der Waals surface area (Å²) in [6.07, 6.45) is 6.11. The second kappa shape index (κ2) is 22.4. The fourth-order valence-electron chi connectivity index (χ4n) is 12.2. The number of nitrogens with zero attached hydrogens (tertiary/aromatic N) is 4. The molecular formula is C81H56N4. The topological polar surface area (TPSA) is 43.6 Å². The average Bonchev–Trinajstić information content (AvgIpc) is 2.67. The second-order valence-electron chi connectivity index (χ2n) is 21.9. The normalized spacial score (nSPS) is 12.3. The number of hydrogen-bond acceptors (Lipinski definition) is 3. The van der Waals surface area contributed by atoms with Gasteiger partial charge in [-0.3, -0.25) is 0 Å². The average molecular weight is 1090 g/mol. The van der Waals surface area contributed by atoms with Gasteiger partial charge >= 0.3 is 0 Å². The Balaban J connectivity index is 0.785. The summed E-state index contributed by atoms with van der Waals surface area (Å²) >= 11 is 0. The highest BCUT2D eigenvalue weighted by Crippen LogP contribution is 2.39. The van der Waals surface area contributed by atoms with Gasteiger partial charge in [0.15, 0.2) is 17.5 Å². The van der Waals surface area contributed by atoms with Crippen molar-refractivity contribution in [2.75, 3.05) is 0 Å². The third kappa shape index (κ3) is 10.3. The van der Waals surface area contributed by atoms with Gasteiger partial charge in [0.1, 0.15) is 0 Å². The number of allylic oxidation sites excluding steroid dienone is 4. The molecule has 4 nitrogen and oxygen atoms in total. The van der Waals surface area contributed by atoms with E-state index in [1.807, 2.05) is 0 Å². The number of benzene rings is 12. The zero-order chi connectivity index (χ0) is 56.5. The molecule has 15 rings (SSSR count). The molecule has 0 bridgehead atoms. The van der Waals surface area contributed by atoms with E-state index in [-0.39, 0.29) is 0 Å². The smallest absolute Gasteiger partial charge is 0.164 e. The maximum Gasteiger partial charge on any atom is 0.164 e. The minimum Gasteiger partial charge on any atom is -0.309 e. The van der Waals surface area contributed by atoms with Crippen LogP contribution >= 0.6 is 0 Å². The van der Waals surface area contributed by atoms with Crippen LogP contribution in [-0.4, -0.2) is 19.5 Å². The van der Waals surface area contributed by atoms with E-state index in [0.717, 1.165) is 68.6 Å². The van der Waals surface area contributed by atoms with Gasteiger partial charge in [-0.15, -0.1) is 0 Å². The van der Waals surface area contributed by atoms with Crippen LogP contribution in [0.4, 0.5) is 0 Å². The predicted octanol–water partition coefficient (Wildman–Crippen LogP) is 21.2. The maximum absolute atomic E-state index is 5.35. The van der Waals surface area contributed by atoms with E-state index in [1.54, 1.807) is 0 Å². The summed E-state index contributed by atoms with van der Waals surface area (Å²) in [6, 6.07) is 109. The van der Waals surface area contributed by atoms with Gasteiger partial charge in [-0.25, -0.2) is 15.0 Å². The van der Waals surface area contributed by atoms with Crippen molar-refractivity contribution in [2.24, 2.45) is 0 Å². The molecule has 0 unspecified atom stereocenters. The third-order valence-electron chi connectivity index (χ3n) is 16.6. The van der Waals surface area contributed by atoms with Gasteiger partial charge in [0, 0.05) is 27.6 Å². The molecule has 14 aromatic rings. The van der Waals surface area contributed by atoms with Crippen LogP contribution in [0.1, 0.15) is 24.2 Å². The Morgan fingerprint density at radius 3 is 0.906 bits per heavy atom. The molecule has 0 aliphatic heterocycles. The van der Waals surface area contributed by atoms with E-state index in [4.69, 9.17) is 15.0 Å². The lowest BCUT2D eigenvalue weighted by molar-refractivity contribution is 0.985. The van der Waals surface area contributed by atoms with Gasteiger partial charge in [0.05, 0.1) is 11.0 Å². The molecule has 2 heterocycles. The summed E-state index contributed by atoms with van der Waals surface area (Å²) < 4.78 is 2.37. The molecule has 12 aromatic carbocycles. The summed E-state index contributed by atoms with van der Waals surface area (Å²) in [5, 5.41) is 2.48. The van der Waals surface area contributed by atoms with Crippen LogP contribution in [0, 0.1) is 0 Å². The molecule has 1 aliphatic rings. The lowest BCUT2D eigenvalue weighted by atomic mass is 9.90. The quantitative estimate of drug-likeness (QED) is 0.122. The standard InChI is InChI=1S/C81H56N4/c1-3-19-55(20-4-1)59-23-11-26-62(47-59)64-28-13-25-61(49-64)57-43-45-58(46-44-57)79-82-80(84-81(83-79)73-37-17-34-70(53-73)71-35-18-38-74(54-71)85-77-41-9-7-39-75(77)76-40-8-10-42-78(76)85)72-36-16-33-69(52-72)68-32-15-31-67(51-68)66-30-14-29-65(50-66)63-27-12-24-60(48-63)56-21-5-2-6-22-56/h1-43,45,47-54H,44,46H2. The monoisotopic (exact) mass is 1080 g/mol. The van der Waals surface area contributed by atoms with Crippen LogP contribution in [0.3, 0.4) is 0 Å². The first-order valence-electron chi connectivity index (χ1n) is 29.2. The largest absolute Gasteiger partial charge is 0.309 e.